The zero-order valence-electron chi connectivity index (χ0n) is 6.01. The summed E-state index contributed by atoms with van der Waals surface area (Å²) >= 11 is 0. The van der Waals surface area contributed by atoms with Gasteiger partial charge in [0, 0.05) is 6.54 Å². The van der Waals surface area contributed by atoms with Crippen LogP contribution in [0.2, 0.25) is 0 Å². The molecule has 9 heavy (non-hydrogen) atoms. The molecule has 0 spiro atoms. The first-order chi connectivity index (χ1) is 4.29. The van der Waals surface area contributed by atoms with E-state index in [0.29, 0.717) is 0 Å². The molecule has 1 rings (SSSR count). The van der Waals surface area contributed by atoms with Crippen LogP contribution in [-0.4, -0.2) is 36.2 Å². The summed E-state index contributed by atoms with van der Waals surface area (Å²) in [5.41, 5.74) is 0. The molecule has 1 saturated heterocycles. The fraction of sp³-hybridized carbons (Fsp3) is 1.00. The van der Waals surface area contributed by atoms with Crippen molar-refractivity contribution in [1.29, 1.82) is 0 Å². The Balaban J connectivity index is 2.25. The lowest BCUT2D eigenvalue weighted by atomic mass is 10.2. The second-order valence-electron chi connectivity index (χ2n) is 2.89. The molecule has 1 atom stereocenters. The van der Waals surface area contributed by atoms with E-state index < -0.39 is 0 Å². The van der Waals surface area contributed by atoms with Crippen molar-refractivity contribution in [2.75, 3.05) is 20.1 Å². The van der Waals surface area contributed by atoms with Gasteiger partial charge in [0.15, 0.2) is 0 Å². The summed E-state index contributed by atoms with van der Waals surface area (Å²) in [4.78, 5) is 2.27. The van der Waals surface area contributed by atoms with E-state index in [1.165, 1.54) is 0 Å². The zero-order valence-corrected chi connectivity index (χ0v) is 6.01. The molecule has 0 aromatic heterocycles. The molecular formula is C7H15NO. The van der Waals surface area contributed by atoms with Crippen molar-refractivity contribution in [2.45, 2.75) is 25.4 Å². The van der Waals surface area contributed by atoms with E-state index in [1.54, 1.807) is 0 Å². The lowest BCUT2D eigenvalue weighted by molar-refractivity contribution is 0.157. The van der Waals surface area contributed by atoms with Gasteiger partial charge in [-0.2, -0.15) is 0 Å². The number of aliphatic hydroxyl groups is 1. The minimum Gasteiger partial charge on any atom is -0.393 e. The maximum Gasteiger partial charge on any atom is 0.0553 e. The van der Waals surface area contributed by atoms with E-state index in [1.807, 2.05) is 0 Å². The highest BCUT2D eigenvalue weighted by Gasteiger charge is 2.10. The largest absolute Gasteiger partial charge is 0.393 e. The SMILES string of the molecule is CN1CCC[C@@H](O)CC1. The van der Waals surface area contributed by atoms with Gasteiger partial charge in [0.25, 0.3) is 0 Å². The molecule has 0 aromatic carbocycles. The van der Waals surface area contributed by atoms with Gasteiger partial charge in [0.2, 0.25) is 0 Å². The Kier molecular flexibility index (Phi) is 2.49. The van der Waals surface area contributed by atoms with Crippen LogP contribution in [0.1, 0.15) is 19.3 Å². The van der Waals surface area contributed by atoms with Crippen LogP contribution < -0.4 is 0 Å². The molecule has 1 heterocycles. The Hall–Kier alpha value is -0.0800. The molecule has 2 nitrogen and oxygen atoms in total. The molecule has 2 heteroatoms. The summed E-state index contributed by atoms with van der Waals surface area (Å²) in [6.45, 7) is 2.21. The zero-order chi connectivity index (χ0) is 6.69. The van der Waals surface area contributed by atoms with Gasteiger partial charge in [0.1, 0.15) is 0 Å². The number of hydrogen-bond donors (Lipinski definition) is 1. The minimum absolute atomic E-state index is 0.0325. The molecule has 1 N–H and O–H groups in total. The molecule has 0 unspecified atom stereocenters. The molecule has 1 aliphatic rings. The fourth-order valence-electron chi connectivity index (χ4n) is 1.22. The molecule has 54 valence electrons. The van der Waals surface area contributed by atoms with Gasteiger partial charge in [-0.05, 0) is 32.9 Å². The Morgan fingerprint density at radius 3 is 2.89 bits per heavy atom. The van der Waals surface area contributed by atoms with Gasteiger partial charge in [0.05, 0.1) is 6.10 Å². The van der Waals surface area contributed by atoms with Gasteiger partial charge >= 0.3 is 0 Å². The Labute approximate surface area is 56.5 Å². The Morgan fingerprint density at radius 1 is 1.33 bits per heavy atom. The topological polar surface area (TPSA) is 23.5 Å². The van der Waals surface area contributed by atoms with E-state index >= 15 is 0 Å². The standard InChI is InChI=1S/C7H15NO/c1-8-5-2-3-7(9)4-6-8/h7,9H,2-6H2,1H3/t7-/m1/s1. The molecule has 0 bridgehead atoms. The van der Waals surface area contributed by atoms with Crippen LogP contribution in [0.15, 0.2) is 0 Å². The molecule has 1 aliphatic heterocycles. The van der Waals surface area contributed by atoms with Crippen LogP contribution in [0.5, 0.6) is 0 Å². The van der Waals surface area contributed by atoms with E-state index in [9.17, 15) is 5.11 Å². The van der Waals surface area contributed by atoms with Crippen molar-refractivity contribution in [3.63, 3.8) is 0 Å². The molecular weight excluding hydrogens is 114 g/mol. The lowest BCUT2D eigenvalue weighted by Crippen LogP contribution is -2.19. The summed E-state index contributed by atoms with van der Waals surface area (Å²) in [6.07, 6.45) is 3.06. The van der Waals surface area contributed by atoms with Crippen molar-refractivity contribution in [2.24, 2.45) is 0 Å². The summed E-state index contributed by atoms with van der Waals surface area (Å²) in [5.74, 6) is 0. The highest BCUT2D eigenvalue weighted by atomic mass is 16.3. The normalized spacial score (nSPS) is 32.0. The maximum absolute atomic E-state index is 9.18. The highest BCUT2D eigenvalue weighted by Crippen LogP contribution is 2.08. The quantitative estimate of drug-likeness (QED) is 0.513. The van der Waals surface area contributed by atoms with Crippen LogP contribution in [0.3, 0.4) is 0 Å². The average Bonchev–Trinajstić information content (AvgIpc) is 1.97. The van der Waals surface area contributed by atoms with Gasteiger partial charge < -0.3 is 10.0 Å². The monoisotopic (exact) mass is 129 g/mol. The predicted octanol–water partition coefficient (Wildman–Crippen LogP) is 0.463. The Morgan fingerprint density at radius 2 is 2.11 bits per heavy atom. The third-order valence-corrected chi connectivity index (χ3v) is 1.92. The first-order valence-electron chi connectivity index (χ1n) is 3.65. The van der Waals surface area contributed by atoms with Crippen molar-refractivity contribution < 1.29 is 5.11 Å². The van der Waals surface area contributed by atoms with E-state index in [-0.39, 0.29) is 6.10 Å². The number of likely N-dealkylation sites (tertiary alicyclic amines) is 1. The second-order valence-corrected chi connectivity index (χ2v) is 2.89. The van der Waals surface area contributed by atoms with E-state index in [0.717, 1.165) is 32.4 Å². The fourth-order valence-corrected chi connectivity index (χ4v) is 1.22. The predicted molar refractivity (Wildman–Crippen MR) is 37.4 cm³/mol. The van der Waals surface area contributed by atoms with Gasteiger partial charge in [-0.1, -0.05) is 0 Å². The molecule has 0 aromatic rings. The smallest absolute Gasteiger partial charge is 0.0553 e. The van der Waals surface area contributed by atoms with E-state index in [4.69, 9.17) is 0 Å². The number of aliphatic hydroxyl groups excluding tert-OH is 1. The Bertz CT molecular complexity index is 75.0. The third-order valence-electron chi connectivity index (χ3n) is 1.92. The molecule has 0 saturated carbocycles. The maximum atomic E-state index is 9.18. The van der Waals surface area contributed by atoms with Crippen molar-refractivity contribution in [3.8, 4) is 0 Å². The number of hydrogen-bond acceptors (Lipinski definition) is 2. The molecule has 1 fully saturated rings. The molecule has 0 radical (unpaired) electrons. The van der Waals surface area contributed by atoms with Gasteiger partial charge in [-0.25, -0.2) is 0 Å². The summed E-state index contributed by atoms with van der Waals surface area (Å²) in [6, 6.07) is 0. The minimum atomic E-state index is -0.0325. The van der Waals surface area contributed by atoms with Crippen LogP contribution >= 0.6 is 0 Å². The third kappa shape index (κ3) is 2.33. The summed E-state index contributed by atoms with van der Waals surface area (Å²) < 4.78 is 0. The van der Waals surface area contributed by atoms with E-state index in [2.05, 4.69) is 11.9 Å². The highest BCUT2D eigenvalue weighted by molar-refractivity contribution is 4.65. The summed E-state index contributed by atoms with van der Waals surface area (Å²) in [5, 5.41) is 9.18. The van der Waals surface area contributed by atoms with Crippen LogP contribution in [0.4, 0.5) is 0 Å². The number of rotatable bonds is 0. The first kappa shape index (κ1) is 7.03. The lowest BCUT2D eigenvalue weighted by Gasteiger charge is -2.10. The molecule has 0 aliphatic carbocycles. The van der Waals surface area contributed by atoms with Crippen molar-refractivity contribution in [1.82, 2.24) is 4.90 Å². The summed E-state index contributed by atoms with van der Waals surface area (Å²) in [7, 11) is 2.11. The van der Waals surface area contributed by atoms with Crippen LogP contribution in [0.25, 0.3) is 0 Å². The van der Waals surface area contributed by atoms with Gasteiger partial charge in [-0.15, -0.1) is 0 Å². The number of nitrogens with zero attached hydrogens (tertiary/aromatic N) is 1. The first-order valence-corrected chi connectivity index (χ1v) is 3.65. The average molecular weight is 129 g/mol. The molecule has 0 amide bonds. The van der Waals surface area contributed by atoms with Crippen LogP contribution in [-0.2, 0) is 0 Å². The second kappa shape index (κ2) is 3.18. The van der Waals surface area contributed by atoms with Gasteiger partial charge in [-0.3, -0.25) is 0 Å². The van der Waals surface area contributed by atoms with Crippen molar-refractivity contribution >= 4 is 0 Å². The van der Waals surface area contributed by atoms with Crippen molar-refractivity contribution in [3.05, 3.63) is 0 Å². The van der Waals surface area contributed by atoms with Crippen LogP contribution in [0, 0.1) is 0 Å².